The van der Waals surface area contributed by atoms with Crippen molar-refractivity contribution in [2.75, 3.05) is 13.7 Å². The molecule has 1 aromatic rings. The molecule has 1 aromatic heterocycles. The van der Waals surface area contributed by atoms with Crippen molar-refractivity contribution in [2.24, 2.45) is 7.05 Å². The summed E-state index contributed by atoms with van der Waals surface area (Å²) < 4.78 is 28.2. The minimum atomic E-state index is -3.72. The van der Waals surface area contributed by atoms with E-state index in [0.717, 1.165) is 0 Å². The number of hydrogen-bond donors (Lipinski definition) is 3. The number of rotatable bonds is 5. The van der Waals surface area contributed by atoms with E-state index in [1.54, 1.807) is 7.05 Å². The van der Waals surface area contributed by atoms with Gasteiger partial charge in [0.2, 0.25) is 10.0 Å². The Morgan fingerprint density at radius 2 is 2.16 bits per heavy atom. The number of aliphatic hydroxyl groups excluding tert-OH is 1. The molecule has 0 spiro atoms. The van der Waals surface area contributed by atoms with E-state index in [9.17, 15) is 13.2 Å². The van der Waals surface area contributed by atoms with Gasteiger partial charge in [-0.15, -0.1) is 0 Å². The van der Waals surface area contributed by atoms with Gasteiger partial charge in [0.1, 0.15) is 10.6 Å². The lowest BCUT2D eigenvalue weighted by Gasteiger charge is -2.13. The monoisotopic (exact) mass is 287 g/mol. The number of sulfonamides is 1. The first kappa shape index (κ1) is 14.0. The molecule has 1 amide bonds. The number of nitrogens with zero attached hydrogens (tertiary/aromatic N) is 1. The second-order valence-corrected chi connectivity index (χ2v) is 6.48. The molecule has 1 heterocycles. The maximum atomic E-state index is 12.2. The summed E-state index contributed by atoms with van der Waals surface area (Å²) in [4.78, 5) is 11.6. The highest BCUT2D eigenvalue weighted by molar-refractivity contribution is 7.89. The largest absolute Gasteiger partial charge is 0.394 e. The smallest absolute Gasteiger partial charge is 0.267 e. The molecule has 1 aliphatic carbocycles. The van der Waals surface area contributed by atoms with Gasteiger partial charge < -0.3 is 15.0 Å². The number of carbonyl (C=O) groups excluding carboxylic acids is 1. The van der Waals surface area contributed by atoms with Crippen LogP contribution in [0, 0.1) is 0 Å². The molecule has 0 radical (unpaired) electrons. The fraction of sp³-hybridized carbons (Fsp3) is 0.545. The van der Waals surface area contributed by atoms with Gasteiger partial charge in [0.05, 0.1) is 12.1 Å². The molecule has 0 unspecified atom stereocenters. The number of amides is 1. The second-order valence-electron chi connectivity index (χ2n) is 4.80. The van der Waals surface area contributed by atoms with Crippen molar-refractivity contribution in [2.45, 2.75) is 23.3 Å². The Kier molecular flexibility index (Phi) is 3.41. The van der Waals surface area contributed by atoms with Crippen LogP contribution >= 0.6 is 0 Å². The Morgan fingerprint density at radius 3 is 2.63 bits per heavy atom. The Bertz CT molecular complexity index is 601. The molecule has 0 atom stereocenters. The standard InChI is InChI=1S/C11H17N3O4S/c1-12-10(16)9-5-8(6-14(9)2)19(17,18)13-11(7-15)3-4-11/h5-6,13,15H,3-4,7H2,1-2H3,(H,12,16). The molecule has 1 saturated carbocycles. The lowest BCUT2D eigenvalue weighted by Crippen LogP contribution is -2.39. The SMILES string of the molecule is CNC(=O)c1cc(S(=O)(=O)NC2(CO)CC2)cn1C. The molecule has 0 saturated heterocycles. The van der Waals surface area contributed by atoms with Gasteiger partial charge in [-0.25, -0.2) is 13.1 Å². The fourth-order valence-corrected chi connectivity index (χ4v) is 3.34. The molecule has 8 heteroatoms. The van der Waals surface area contributed by atoms with Crippen LogP contribution in [0.4, 0.5) is 0 Å². The summed E-state index contributed by atoms with van der Waals surface area (Å²) in [5.41, 5.74) is -0.460. The van der Waals surface area contributed by atoms with Crippen LogP contribution in [0.2, 0.25) is 0 Å². The summed E-state index contributed by atoms with van der Waals surface area (Å²) >= 11 is 0. The van der Waals surface area contributed by atoms with Crippen LogP contribution < -0.4 is 10.0 Å². The highest BCUT2D eigenvalue weighted by Crippen LogP contribution is 2.36. The van der Waals surface area contributed by atoms with Crippen LogP contribution in [0.15, 0.2) is 17.2 Å². The van der Waals surface area contributed by atoms with Crippen molar-refractivity contribution in [3.05, 3.63) is 18.0 Å². The molecule has 0 aliphatic heterocycles. The van der Waals surface area contributed by atoms with E-state index in [1.807, 2.05) is 0 Å². The molecule has 2 rings (SSSR count). The minimum absolute atomic E-state index is 0.0216. The summed E-state index contributed by atoms with van der Waals surface area (Å²) in [7, 11) is -0.643. The zero-order valence-corrected chi connectivity index (χ0v) is 11.6. The van der Waals surface area contributed by atoms with Crippen molar-refractivity contribution in [1.82, 2.24) is 14.6 Å². The van der Waals surface area contributed by atoms with Crippen molar-refractivity contribution in [1.29, 1.82) is 0 Å². The number of aliphatic hydroxyl groups is 1. The first-order valence-corrected chi connectivity index (χ1v) is 7.35. The minimum Gasteiger partial charge on any atom is -0.394 e. The molecule has 106 valence electrons. The molecular weight excluding hydrogens is 270 g/mol. The van der Waals surface area contributed by atoms with Crippen LogP contribution in [0.3, 0.4) is 0 Å². The van der Waals surface area contributed by atoms with Crippen LogP contribution in [0.25, 0.3) is 0 Å². The predicted molar refractivity (Wildman–Crippen MR) is 68.2 cm³/mol. The Hall–Kier alpha value is -1.38. The average Bonchev–Trinajstić information content (AvgIpc) is 3.01. The highest BCUT2D eigenvalue weighted by Gasteiger charge is 2.45. The lowest BCUT2D eigenvalue weighted by molar-refractivity contribution is 0.0955. The normalized spacial score (nSPS) is 17.2. The third-order valence-corrected chi connectivity index (χ3v) is 4.80. The van der Waals surface area contributed by atoms with Gasteiger partial charge in [0.25, 0.3) is 5.91 Å². The summed E-state index contributed by atoms with van der Waals surface area (Å²) in [6.07, 6.45) is 2.62. The van der Waals surface area contributed by atoms with E-state index < -0.39 is 15.6 Å². The summed E-state index contributed by atoms with van der Waals surface area (Å²) in [5, 5.41) is 11.6. The van der Waals surface area contributed by atoms with Gasteiger partial charge in [-0.3, -0.25) is 4.79 Å². The summed E-state index contributed by atoms with van der Waals surface area (Å²) in [6, 6.07) is 1.31. The third-order valence-electron chi connectivity index (χ3n) is 3.26. The lowest BCUT2D eigenvalue weighted by atomic mass is 10.3. The molecule has 7 nitrogen and oxygen atoms in total. The van der Waals surface area contributed by atoms with E-state index in [2.05, 4.69) is 10.0 Å². The Balaban J connectivity index is 2.29. The number of nitrogens with one attached hydrogen (secondary N) is 2. The average molecular weight is 287 g/mol. The summed E-state index contributed by atoms with van der Waals surface area (Å²) in [5.74, 6) is -0.354. The van der Waals surface area contributed by atoms with E-state index in [1.165, 1.54) is 23.9 Å². The zero-order chi connectivity index (χ0) is 14.3. The molecule has 3 N–H and O–H groups in total. The van der Waals surface area contributed by atoms with Gasteiger partial charge in [-0.1, -0.05) is 0 Å². The van der Waals surface area contributed by atoms with E-state index in [4.69, 9.17) is 5.11 Å². The number of aryl methyl sites for hydroxylation is 1. The summed E-state index contributed by atoms with van der Waals surface area (Å²) in [6.45, 7) is -0.221. The van der Waals surface area contributed by atoms with Crippen LogP contribution in [0.5, 0.6) is 0 Å². The van der Waals surface area contributed by atoms with E-state index in [-0.39, 0.29) is 23.1 Å². The molecule has 0 bridgehead atoms. The number of carbonyl (C=O) groups is 1. The first-order valence-electron chi connectivity index (χ1n) is 5.87. The van der Waals surface area contributed by atoms with Gasteiger partial charge in [-0.05, 0) is 18.9 Å². The Morgan fingerprint density at radius 1 is 1.53 bits per heavy atom. The number of hydrogen-bond acceptors (Lipinski definition) is 4. The van der Waals surface area contributed by atoms with Crippen molar-refractivity contribution < 1.29 is 18.3 Å². The van der Waals surface area contributed by atoms with E-state index in [0.29, 0.717) is 12.8 Å². The van der Waals surface area contributed by atoms with Gasteiger partial charge in [0.15, 0.2) is 0 Å². The van der Waals surface area contributed by atoms with Gasteiger partial charge >= 0.3 is 0 Å². The third kappa shape index (κ3) is 2.65. The molecule has 1 fully saturated rings. The maximum absolute atomic E-state index is 12.2. The molecular formula is C11H17N3O4S. The second kappa shape index (κ2) is 4.62. The zero-order valence-electron chi connectivity index (χ0n) is 10.8. The Labute approximate surface area is 111 Å². The van der Waals surface area contributed by atoms with Crippen molar-refractivity contribution in [3.63, 3.8) is 0 Å². The van der Waals surface area contributed by atoms with E-state index >= 15 is 0 Å². The highest BCUT2D eigenvalue weighted by atomic mass is 32.2. The van der Waals surface area contributed by atoms with Gasteiger partial charge in [-0.2, -0.15) is 0 Å². The molecule has 19 heavy (non-hydrogen) atoms. The molecule has 0 aromatic carbocycles. The van der Waals surface area contributed by atoms with Crippen LogP contribution in [0.1, 0.15) is 23.3 Å². The van der Waals surface area contributed by atoms with Crippen LogP contribution in [-0.2, 0) is 17.1 Å². The maximum Gasteiger partial charge on any atom is 0.267 e. The van der Waals surface area contributed by atoms with Gasteiger partial charge in [0, 0.05) is 20.3 Å². The van der Waals surface area contributed by atoms with Crippen LogP contribution in [-0.4, -0.2) is 43.2 Å². The fourth-order valence-electron chi connectivity index (χ4n) is 1.82. The first-order chi connectivity index (χ1) is 8.83. The quantitative estimate of drug-likeness (QED) is 0.659. The number of aromatic nitrogens is 1. The van der Waals surface area contributed by atoms with Crippen molar-refractivity contribution >= 4 is 15.9 Å². The predicted octanol–water partition coefficient (Wildman–Crippen LogP) is -0.812. The topological polar surface area (TPSA) is 100 Å². The molecule has 1 aliphatic rings. The van der Waals surface area contributed by atoms with Crippen molar-refractivity contribution in [3.8, 4) is 0 Å².